The van der Waals surface area contributed by atoms with Crippen molar-refractivity contribution >= 4 is 17.6 Å². The predicted octanol–water partition coefficient (Wildman–Crippen LogP) is 2.23. The molecule has 0 bridgehead atoms. The molecule has 0 spiro atoms. The Hall–Kier alpha value is -2.51. The van der Waals surface area contributed by atoms with Crippen LogP contribution in [0.25, 0.3) is 0 Å². The minimum Gasteiger partial charge on any atom is -0.481 e. The molecule has 0 radical (unpaired) electrons. The third-order valence-corrected chi connectivity index (χ3v) is 4.19. The quantitative estimate of drug-likeness (QED) is 0.678. The first-order valence-electron chi connectivity index (χ1n) is 7.19. The summed E-state index contributed by atoms with van der Waals surface area (Å²) >= 11 is 0. The Morgan fingerprint density at radius 3 is 2.61 bits per heavy atom. The summed E-state index contributed by atoms with van der Waals surface area (Å²) in [6.45, 7) is 3.43. The second-order valence-corrected chi connectivity index (χ2v) is 5.84. The van der Waals surface area contributed by atoms with Crippen molar-refractivity contribution in [1.82, 2.24) is 4.90 Å². The average molecular weight is 324 g/mol. The van der Waals surface area contributed by atoms with Crippen molar-refractivity contribution in [3.05, 3.63) is 39.2 Å². The fraction of sp³-hybridized carbons (Fsp3) is 0.467. The molecule has 1 fully saturated rings. The van der Waals surface area contributed by atoms with E-state index in [2.05, 4.69) is 0 Å². The number of nitro groups is 1. The highest BCUT2D eigenvalue weighted by Gasteiger charge is 2.35. The van der Waals surface area contributed by atoms with Crippen molar-refractivity contribution in [3.8, 4) is 0 Å². The lowest BCUT2D eigenvalue weighted by molar-refractivity contribution is -0.385. The molecule has 1 aromatic rings. The molecule has 1 heterocycles. The number of benzene rings is 1. The van der Waals surface area contributed by atoms with Gasteiger partial charge in [-0.25, -0.2) is 4.39 Å². The molecule has 2 atom stereocenters. The maximum absolute atomic E-state index is 13.6. The van der Waals surface area contributed by atoms with Gasteiger partial charge in [0.25, 0.3) is 11.6 Å². The predicted molar refractivity (Wildman–Crippen MR) is 78.6 cm³/mol. The van der Waals surface area contributed by atoms with Crippen LogP contribution >= 0.6 is 0 Å². The number of nitrogens with zero attached hydrogens (tertiary/aromatic N) is 2. The number of carboxylic acids is 1. The van der Waals surface area contributed by atoms with E-state index in [1.807, 2.05) is 0 Å². The number of aliphatic carboxylic acids is 1. The molecule has 0 aliphatic carbocycles. The highest BCUT2D eigenvalue weighted by atomic mass is 19.1. The first kappa shape index (κ1) is 16.9. The number of carboxylic acid groups (broad SMARTS) is 1. The van der Waals surface area contributed by atoms with Gasteiger partial charge < -0.3 is 10.0 Å². The molecule has 0 saturated carbocycles. The molecule has 2 unspecified atom stereocenters. The molecule has 124 valence electrons. The minimum absolute atomic E-state index is 0.0758. The van der Waals surface area contributed by atoms with E-state index in [1.54, 1.807) is 6.92 Å². The van der Waals surface area contributed by atoms with Crippen LogP contribution in [0.2, 0.25) is 0 Å². The third-order valence-electron chi connectivity index (χ3n) is 4.19. The summed E-state index contributed by atoms with van der Waals surface area (Å²) in [7, 11) is 0. The van der Waals surface area contributed by atoms with Gasteiger partial charge in [0.05, 0.1) is 10.8 Å². The van der Waals surface area contributed by atoms with Crippen molar-refractivity contribution in [2.24, 2.45) is 11.8 Å². The normalized spacial score (nSPS) is 21.1. The van der Waals surface area contributed by atoms with Crippen LogP contribution in [0.3, 0.4) is 0 Å². The van der Waals surface area contributed by atoms with Gasteiger partial charge in [-0.15, -0.1) is 0 Å². The zero-order valence-corrected chi connectivity index (χ0v) is 12.8. The number of rotatable bonds is 3. The van der Waals surface area contributed by atoms with Gasteiger partial charge in [0.15, 0.2) is 0 Å². The van der Waals surface area contributed by atoms with Crippen LogP contribution in [0, 0.1) is 34.7 Å². The average Bonchev–Trinajstić information content (AvgIpc) is 2.44. The van der Waals surface area contributed by atoms with Crippen LogP contribution < -0.4 is 0 Å². The topological polar surface area (TPSA) is 101 Å². The number of nitro benzene ring substituents is 1. The number of likely N-dealkylation sites (tertiary alicyclic amines) is 1. The van der Waals surface area contributed by atoms with E-state index in [-0.39, 0.29) is 36.6 Å². The Morgan fingerprint density at radius 2 is 2.09 bits per heavy atom. The molecule has 2 rings (SSSR count). The monoisotopic (exact) mass is 324 g/mol. The first-order chi connectivity index (χ1) is 10.7. The van der Waals surface area contributed by atoms with E-state index in [0.29, 0.717) is 0 Å². The summed E-state index contributed by atoms with van der Waals surface area (Å²) in [6, 6.07) is 1.87. The highest BCUT2D eigenvalue weighted by molar-refractivity contribution is 5.98. The second-order valence-electron chi connectivity index (χ2n) is 5.84. The van der Waals surface area contributed by atoms with E-state index in [4.69, 9.17) is 5.11 Å². The van der Waals surface area contributed by atoms with Crippen LogP contribution in [0.1, 0.15) is 29.3 Å². The highest BCUT2D eigenvalue weighted by Crippen LogP contribution is 2.29. The number of piperidine rings is 1. The zero-order chi connectivity index (χ0) is 17.3. The van der Waals surface area contributed by atoms with E-state index in [1.165, 1.54) is 11.8 Å². The zero-order valence-electron chi connectivity index (χ0n) is 12.8. The first-order valence-corrected chi connectivity index (χ1v) is 7.19. The van der Waals surface area contributed by atoms with Crippen LogP contribution in [-0.4, -0.2) is 39.9 Å². The SMILES string of the molecule is Cc1cc(F)cc(C(=O)N2CCC(C(=O)O)C(C)C2)c1[N+](=O)[O-]. The van der Waals surface area contributed by atoms with Gasteiger partial charge in [-0.3, -0.25) is 19.7 Å². The van der Waals surface area contributed by atoms with Gasteiger partial charge in [-0.2, -0.15) is 0 Å². The molecule has 0 aromatic heterocycles. The number of halogens is 1. The van der Waals surface area contributed by atoms with E-state index >= 15 is 0 Å². The van der Waals surface area contributed by atoms with Gasteiger partial charge >= 0.3 is 5.97 Å². The van der Waals surface area contributed by atoms with Crippen molar-refractivity contribution in [1.29, 1.82) is 0 Å². The molecule has 7 nitrogen and oxygen atoms in total. The lowest BCUT2D eigenvalue weighted by Crippen LogP contribution is -2.45. The molecule has 1 aromatic carbocycles. The van der Waals surface area contributed by atoms with Crippen LogP contribution in [0.4, 0.5) is 10.1 Å². The molecular formula is C15H17FN2O5. The summed E-state index contributed by atoms with van der Waals surface area (Å²) in [5.41, 5.74) is -0.635. The second kappa shape index (κ2) is 6.31. The molecule has 1 amide bonds. The lowest BCUT2D eigenvalue weighted by Gasteiger charge is -2.34. The van der Waals surface area contributed by atoms with Crippen molar-refractivity contribution in [2.45, 2.75) is 20.3 Å². The number of amides is 1. The molecular weight excluding hydrogens is 307 g/mol. The van der Waals surface area contributed by atoms with Crippen LogP contribution in [0.5, 0.6) is 0 Å². The molecule has 1 saturated heterocycles. The smallest absolute Gasteiger partial charge is 0.306 e. The maximum Gasteiger partial charge on any atom is 0.306 e. The number of hydrogen-bond donors (Lipinski definition) is 1. The summed E-state index contributed by atoms with van der Waals surface area (Å²) in [5.74, 6) is -3.11. The Bertz CT molecular complexity index is 676. The minimum atomic E-state index is -0.919. The number of aryl methyl sites for hydroxylation is 1. The maximum atomic E-state index is 13.6. The largest absolute Gasteiger partial charge is 0.481 e. The molecule has 1 aliphatic rings. The van der Waals surface area contributed by atoms with E-state index < -0.39 is 34.2 Å². The van der Waals surface area contributed by atoms with Gasteiger partial charge in [0.2, 0.25) is 0 Å². The Kier molecular flexibility index (Phi) is 4.63. The van der Waals surface area contributed by atoms with Gasteiger partial charge in [0.1, 0.15) is 11.4 Å². The summed E-state index contributed by atoms with van der Waals surface area (Å²) in [4.78, 5) is 35.5. The molecule has 23 heavy (non-hydrogen) atoms. The van der Waals surface area contributed by atoms with E-state index in [9.17, 15) is 24.1 Å². The van der Waals surface area contributed by atoms with Gasteiger partial charge in [-0.1, -0.05) is 6.92 Å². The van der Waals surface area contributed by atoms with Crippen molar-refractivity contribution in [3.63, 3.8) is 0 Å². The number of hydrogen-bond acceptors (Lipinski definition) is 4. The van der Waals surface area contributed by atoms with Gasteiger partial charge in [-0.05, 0) is 31.4 Å². The summed E-state index contributed by atoms with van der Waals surface area (Å²) < 4.78 is 13.6. The van der Waals surface area contributed by atoms with Crippen LogP contribution in [0.15, 0.2) is 12.1 Å². The number of carbonyl (C=O) groups is 2. The number of carbonyl (C=O) groups excluding carboxylic acids is 1. The molecule has 1 N–H and O–H groups in total. The lowest BCUT2D eigenvalue weighted by atomic mass is 9.86. The van der Waals surface area contributed by atoms with Crippen LogP contribution in [-0.2, 0) is 4.79 Å². The fourth-order valence-corrected chi connectivity index (χ4v) is 3.01. The third kappa shape index (κ3) is 3.30. The summed E-state index contributed by atoms with van der Waals surface area (Å²) in [5, 5.41) is 20.3. The fourth-order valence-electron chi connectivity index (χ4n) is 3.01. The standard InChI is InChI=1S/C15H17FN2O5/c1-8-5-10(16)6-12(13(8)18(22)23)14(19)17-4-3-11(15(20)21)9(2)7-17/h5-6,9,11H,3-4,7H2,1-2H3,(H,20,21). The molecule has 1 aliphatic heterocycles. The van der Waals surface area contributed by atoms with Crippen molar-refractivity contribution in [2.75, 3.05) is 13.1 Å². The Labute approximate surface area is 131 Å². The Balaban J connectivity index is 2.32. The molecule has 8 heteroatoms. The van der Waals surface area contributed by atoms with E-state index in [0.717, 1.165) is 12.1 Å². The van der Waals surface area contributed by atoms with Crippen molar-refractivity contribution < 1.29 is 24.0 Å². The summed E-state index contributed by atoms with van der Waals surface area (Å²) in [6.07, 6.45) is 0.268. The van der Waals surface area contributed by atoms with Gasteiger partial charge in [0, 0.05) is 18.7 Å². The Morgan fingerprint density at radius 1 is 1.43 bits per heavy atom.